The number of benzene rings is 1. The Morgan fingerprint density at radius 1 is 1.35 bits per heavy atom. The maximum absolute atomic E-state index is 10.1. The third kappa shape index (κ3) is 3.63. The van der Waals surface area contributed by atoms with E-state index in [4.69, 9.17) is 4.65 Å². The van der Waals surface area contributed by atoms with Crippen LogP contribution in [0.3, 0.4) is 0 Å². The molecule has 1 unspecified atom stereocenters. The van der Waals surface area contributed by atoms with Gasteiger partial charge < -0.3 is 15.0 Å². The van der Waals surface area contributed by atoms with E-state index in [0.717, 1.165) is 30.5 Å². The van der Waals surface area contributed by atoms with Crippen LogP contribution < -0.4 is 10.8 Å². The van der Waals surface area contributed by atoms with Gasteiger partial charge in [-0.3, -0.25) is 0 Å². The number of hydrogen-bond donors (Lipinski definition) is 2. The Morgan fingerprint density at radius 2 is 2.10 bits per heavy atom. The summed E-state index contributed by atoms with van der Waals surface area (Å²) < 4.78 is 5.67. The van der Waals surface area contributed by atoms with Crippen molar-refractivity contribution in [1.29, 1.82) is 0 Å². The second-order valence-corrected chi connectivity index (χ2v) is 6.41. The molecule has 2 rings (SSSR count). The molecule has 1 atom stereocenters. The normalized spacial score (nSPS) is 18.1. The quantitative estimate of drug-likeness (QED) is 0.620. The summed E-state index contributed by atoms with van der Waals surface area (Å²) in [4.78, 5) is 0. The third-order valence-corrected chi connectivity index (χ3v) is 3.91. The summed E-state index contributed by atoms with van der Waals surface area (Å²) in [6, 6.07) is 6.33. The van der Waals surface area contributed by atoms with Crippen molar-refractivity contribution in [2.45, 2.75) is 46.1 Å². The molecular weight excluding hydrogens is 249 g/mol. The van der Waals surface area contributed by atoms with E-state index in [0.29, 0.717) is 11.8 Å². The SMILES string of the molecule is CC(C)CCNCC1OB(O)c2cc(C(C)C)ccc21.[HH]. The van der Waals surface area contributed by atoms with Crippen molar-refractivity contribution in [2.75, 3.05) is 13.1 Å². The second kappa shape index (κ2) is 6.75. The molecule has 3 nitrogen and oxygen atoms in total. The topological polar surface area (TPSA) is 41.5 Å². The van der Waals surface area contributed by atoms with Crippen molar-refractivity contribution in [2.24, 2.45) is 5.92 Å². The van der Waals surface area contributed by atoms with Crippen LogP contribution in [0.25, 0.3) is 0 Å². The number of nitrogens with one attached hydrogen (secondary N) is 1. The predicted octanol–water partition coefficient (Wildman–Crippen LogP) is 2.45. The Kier molecular flexibility index (Phi) is 5.25. The van der Waals surface area contributed by atoms with Gasteiger partial charge in [0.1, 0.15) is 0 Å². The van der Waals surface area contributed by atoms with Gasteiger partial charge in [-0.25, -0.2) is 0 Å². The molecule has 1 aromatic rings. The Labute approximate surface area is 124 Å². The minimum absolute atomic E-state index is 0. The molecule has 4 heteroatoms. The second-order valence-electron chi connectivity index (χ2n) is 6.41. The molecule has 0 bridgehead atoms. The van der Waals surface area contributed by atoms with E-state index in [1.165, 1.54) is 5.56 Å². The summed E-state index contributed by atoms with van der Waals surface area (Å²) in [5, 5.41) is 13.5. The van der Waals surface area contributed by atoms with Crippen molar-refractivity contribution in [1.82, 2.24) is 5.32 Å². The van der Waals surface area contributed by atoms with E-state index < -0.39 is 7.12 Å². The van der Waals surface area contributed by atoms with E-state index in [2.05, 4.69) is 51.2 Å². The minimum Gasteiger partial charge on any atom is -0.423 e. The number of fused-ring (bicyclic) bond motifs is 1. The molecule has 112 valence electrons. The van der Waals surface area contributed by atoms with Crippen LogP contribution in [0, 0.1) is 5.92 Å². The highest BCUT2D eigenvalue weighted by molar-refractivity contribution is 6.61. The third-order valence-electron chi connectivity index (χ3n) is 3.91. The summed E-state index contributed by atoms with van der Waals surface area (Å²) >= 11 is 0. The molecule has 0 saturated heterocycles. The minimum atomic E-state index is -0.777. The van der Waals surface area contributed by atoms with Crippen LogP contribution in [-0.4, -0.2) is 25.2 Å². The van der Waals surface area contributed by atoms with Gasteiger partial charge in [-0.2, -0.15) is 0 Å². The van der Waals surface area contributed by atoms with Crippen LogP contribution in [0.1, 0.15) is 58.7 Å². The lowest BCUT2D eigenvalue weighted by molar-refractivity contribution is 0.186. The Balaban J connectivity index is 0.00000220. The smallest absolute Gasteiger partial charge is 0.423 e. The molecule has 1 heterocycles. The number of hydrogen-bond acceptors (Lipinski definition) is 3. The molecular formula is C16H28BNO2. The van der Waals surface area contributed by atoms with Crippen LogP contribution in [-0.2, 0) is 4.65 Å². The van der Waals surface area contributed by atoms with Gasteiger partial charge in [-0.15, -0.1) is 0 Å². The largest absolute Gasteiger partial charge is 0.492 e. The van der Waals surface area contributed by atoms with Crippen molar-refractivity contribution >= 4 is 12.6 Å². The van der Waals surface area contributed by atoms with Gasteiger partial charge in [0, 0.05) is 7.97 Å². The summed E-state index contributed by atoms with van der Waals surface area (Å²) in [6.07, 6.45) is 1.13. The van der Waals surface area contributed by atoms with E-state index >= 15 is 0 Å². The van der Waals surface area contributed by atoms with Crippen molar-refractivity contribution < 1.29 is 11.1 Å². The van der Waals surface area contributed by atoms with Gasteiger partial charge in [0.05, 0.1) is 6.10 Å². The summed E-state index contributed by atoms with van der Waals surface area (Å²) in [7, 11) is -0.777. The highest BCUT2D eigenvalue weighted by Gasteiger charge is 2.34. The first-order valence-corrected chi connectivity index (χ1v) is 7.67. The lowest BCUT2D eigenvalue weighted by atomic mass is 9.77. The highest BCUT2D eigenvalue weighted by Crippen LogP contribution is 2.25. The van der Waals surface area contributed by atoms with Crippen LogP contribution in [0.4, 0.5) is 0 Å². The lowest BCUT2D eigenvalue weighted by Crippen LogP contribution is -2.28. The van der Waals surface area contributed by atoms with Gasteiger partial charge in [0.15, 0.2) is 0 Å². The van der Waals surface area contributed by atoms with Crippen molar-refractivity contribution in [3.8, 4) is 0 Å². The highest BCUT2D eigenvalue weighted by atomic mass is 16.5. The first kappa shape index (κ1) is 15.6. The zero-order valence-electron chi connectivity index (χ0n) is 13.0. The first-order chi connectivity index (χ1) is 9.49. The monoisotopic (exact) mass is 277 g/mol. The summed E-state index contributed by atoms with van der Waals surface area (Å²) in [6.45, 7) is 10.5. The molecule has 0 spiro atoms. The van der Waals surface area contributed by atoms with Gasteiger partial charge in [0.25, 0.3) is 0 Å². The molecule has 0 fully saturated rings. The molecule has 1 aromatic carbocycles. The van der Waals surface area contributed by atoms with Gasteiger partial charge in [-0.1, -0.05) is 45.9 Å². The predicted molar refractivity (Wildman–Crippen MR) is 86.4 cm³/mol. The molecule has 0 radical (unpaired) electrons. The molecule has 0 saturated carbocycles. The summed E-state index contributed by atoms with van der Waals surface area (Å²) in [5.74, 6) is 1.18. The van der Waals surface area contributed by atoms with Crippen LogP contribution in [0.5, 0.6) is 0 Å². The van der Waals surface area contributed by atoms with E-state index in [1.807, 2.05) is 0 Å². The molecule has 0 amide bonds. The Hall–Kier alpha value is -0.835. The average molecular weight is 277 g/mol. The Bertz CT molecular complexity index is 454. The molecule has 0 aromatic heterocycles. The molecule has 2 N–H and O–H groups in total. The average Bonchev–Trinajstić information content (AvgIpc) is 2.71. The molecule has 20 heavy (non-hydrogen) atoms. The fourth-order valence-corrected chi connectivity index (χ4v) is 2.54. The van der Waals surface area contributed by atoms with Gasteiger partial charge in [-0.05, 0) is 41.4 Å². The standard InChI is InChI=1S/C16H26BNO2.H2/c1-11(2)7-8-18-10-16-14-6-5-13(12(3)4)9-15(14)17(19)20-16;/h5-6,9,11-12,16,18-19H,7-8,10H2,1-4H3;1H. The molecule has 1 aliphatic rings. The van der Waals surface area contributed by atoms with E-state index in [1.54, 1.807) is 0 Å². The Morgan fingerprint density at radius 3 is 2.75 bits per heavy atom. The molecule has 0 aliphatic carbocycles. The maximum Gasteiger partial charge on any atom is 0.492 e. The van der Waals surface area contributed by atoms with Crippen molar-refractivity contribution in [3.05, 3.63) is 29.3 Å². The summed E-state index contributed by atoms with van der Waals surface area (Å²) in [5.41, 5.74) is 3.31. The fourth-order valence-electron chi connectivity index (χ4n) is 2.54. The molecule has 1 aliphatic heterocycles. The first-order valence-electron chi connectivity index (χ1n) is 7.67. The number of rotatable bonds is 6. The van der Waals surface area contributed by atoms with Crippen LogP contribution in [0.2, 0.25) is 0 Å². The maximum atomic E-state index is 10.1. The fraction of sp³-hybridized carbons (Fsp3) is 0.625. The van der Waals surface area contributed by atoms with Crippen LogP contribution in [0.15, 0.2) is 18.2 Å². The van der Waals surface area contributed by atoms with Gasteiger partial charge in [0.2, 0.25) is 0 Å². The zero-order chi connectivity index (χ0) is 14.7. The van der Waals surface area contributed by atoms with Crippen LogP contribution >= 0.6 is 0 Å². The lowest BCUT2D eigenvalue weighted by Gasteiger charge is -2.14. The van der Waals surface area contributed by atoms with E-state index in [9.17, 15) is 5.02 Å². The van der Waals surface area contributed by atoms with Crippen molar-refractivity contribution in [3.63, 3.8) is 0 Å². The van der Waals surface area contributed by atoms with Gasteiger partial charge >= 0.3 is 7.12 Å². The van der Waals surface area contributed by atoms with E-state index in [-0.39, 0.29) is 7.53 Å². The zero-order valence-corrected chi connectivity index (χ0v) is 13.0.